The lowest BCUT2D eigenvalue weighted by Gasteiger charge is -2.24. The first-order valence-corrected chi connectivity index (χ1v) is 15.1. The Bertz CT molecular complexity index is 1320. The molecule has 10 nitrogen and oxygen atoms in total. The fraction of sp³-hybridized carbons (Fsp3) is 0.435. The quantitative estimate of drug-likeness (QED) is 0.298. The van der Waals surface area contributed by atoms with Gasteiger partial charge in [-0.2, -0.15) is 0 Å². The third-order valence-electron chi connectivity index (χ3n) is 5.73. The van der Waals surface area contributed by atoms with Gasteiger partial charge in [-0.3, -0.25) is 14.4 Å². The molecule has 0 saturated carbocycles. The largest absolute Gasteiger partial charge is 0.353 e. The highest BCUT2D eigenvalue weighted by molar-refractivity contribution is 7.91. The van der Waals surface area contributed by atoms with Gasteiger partial charge in [0, 0.05) is 41.8 Å². The summed E-state index contributed by atoms with van der Waals surface area (Å²) in [6.45, 7) is 4.74. The van der Waals surface area contributed by atoms with E-state index in [4.69, 9.17) is 39.9 Å². The van der Waals surface area contributed by atoms with E-state index in [0.29, 0.717) is 40.0 Å². The first kappa shape index (κ1) is 30.6. The van der Waals surface area contributed by atoms with Crippen LogP contribution in [0, 0.1) is 0 Å². The number of carbonyl (C=O) groups excluding carboxylic acids is 3. The van der Waals surface area contributed by atoms with E-state index < -0.39 is 38.1 Å². The summed E-state index contributed by atoms with van der Waals surface area (Å²) in [5.41, 5.74) is 0.346. The van der Waals surface area contributed by atoms with Gasteiger partial charge in [0.15, 0.2) is 0 Å². The molecule has 2 atom stereocenters. The minimum absolute atomic E-state index is 0.0290. The first-order valence-electron chi connectivity index (χ1n) is 11.6. The van der Waals surface area contributed by atoms with Crippen LogP contribution >= 0.6 is 46.1 Å². The van der Waals surface area contributed by atoms with E-state index in [1.807, 2.05) is 13.8 Å². The lowest BCUT2D eigenvalue weighted by Crippen LogP contribution is -2.47. The number of hydrogen-bond donors (Lipinski definition) is 4. The number of primary sulfonamides is 1. The summed E-state index contributed by atoms with van der Waals surface area (Å²) in [4.78, 5) is 40.6. The lowest BCUT2D eigenvalue weighted by molar-refractivity contribution is -0.125. The summed E-state index contributed by atoms with van der Waals surface area (Å²) in [5, 5.41) is 14.9. The number of carbonyl (C=O) groups is 3. The molecule has 0 bridgehead atoms. The minimum Gasteiger partial charge on any atom is -0.353 e. The SMILES string of the molecule is CC(C)NCCNC(=O)[C@H]1C[C@@H](NC(=O)Cc2ccc(Cl)cc2Cl)CN1C(=O)c1cc(Cl)sc1S(N)(=O)=O. The standard InChI is InChI=1S/C23H28Cl3N5O5S2/c1-12(2)28-5-6-29-21(33)18-9-15(30-20(32)7-13-3-4-14(24)8-17(13)25)11-31(18)22(34)16-10-19(26)37-23(16)38(27,35)36/h3-4,8,10,12,15,18,28H,5-7,9,11H2,1-2H3,(H,29,33)(H,30,32)(H2,27,35,36)/t15-,18-/m1/s1. The van der Waals surface area contributed by atoms with Crippen molar-refractivity contribution in [2.75, 3.05) is 19.6 Å². The molecule has 1 aliphatic heterocycles. The lowest BCUT2D eigenvalue weighted by atomic mass is 10.1. The van der Waals surface area contributed by atoms with E-state index >= 15 is 0 Å². The number of nitrogens with one attached hydrogen (secondary N) is 3. The number of sulfonamides is 1. The number of nitrogens with zero attached hydrogens (tertiary/aromatic N) is 1. The number of thiophene rings is 1. The third kappa shape index (κ3) is 8.04. The van der Waals surface area contributed by atoms with E-state index in [-0.39, 0.29) is 41.2 Å². The molecule has 1 aromatic carbocycles. The number of rotatable bonds is 10. The maximum atomic E-state index is 13.5. The van der Waals surface area contributed by atoms with E-state index in [9.17, 15) is 22.8 Å². The zero-order chi connectivity index (χ0) is 28.2. The highest BCUT2D eigenvalue weighted by Crippen LogP contribution is 2.32. The maximum Gasteiger partial charge on any atom is 0.256 e. The van der Waals surface area contributed by atoms with Gasteiger partial charge < -0.3 is 20.9 Å². The van der Waals surface area contributed by atoms with Gasteiger partial charge >= 0.3 is 0 Å². The number of likely N-dealkylation sites (tertiary alicyclic amines) is 1. The van der Waals surface area contributed by atoms with Gasteiger partial charge in [-0.25, -0.2) is 13.6 Å². The fourth-order valence-corrected chi connectivity index (χ4v) is 6.81. The van der Waals surface area contributed by atoms with E-state index in [1.54, 1.807) is 12.1 Å². The molecule has 5 N–H and O–H groups in total. The average Bonchev–Trinajstić information content (AvgIpc) is 3.41. The smallest absolute Gasteiger partial charge is 0.256 e. The Balaban J connectivity index is 1.79. The van der Waals surface area contributed by atoms with Crippen molar-refractivity contribution in [1.29, 1.82) is 0 Å². The summed E-state index contributed by atoms with van der Waals surface area (Å²) in [6, 6.07) is 4.70. The zero-order valence-electron chi connectivity index (χ0n) is 20.6. The number of nitrogens with two attached hydrogens (primary N) is 1. The van der Waals surface area contributed by atoms with Gasteiger partial charge in [0.05, 0.1) is 16.3 Å². The predicted octanol–water partition coefficient (Wildman–Crippen LogP) is 2.41. The molecule has 15 heteroatoms. The van der Waals surface area contributed by atoms with Crippen molar-refractivity contribution in [3.05, 3.63) is 49.8 Å². The van der Waals surface area contributed by atoms with Crippen molar-refractivity contribution >= 4 is 73.9 Å². The van der Waals surface area contributed by atoms with Crippen molar-refractivity contribution < 1.29 is 22.8 Å². The summed E-state index contributed by atoms with van der Waals surface area (Å²) >= 11 is 18.7. The molecule has 0 spiro atoms. The molecule has 1 aliphatic rings. The maximum absolute atomic E-state index is 13.5. The summed E-state index contributed by atoms with van der Waals surface area (Å²) in [6.07, 6.45) is 0.0890. The van der Waals surface area contributed by atoms with Crippen molar-refractivity contribution in [3.63, 3.8) is 0 Å². The Morgan fingerprint density at radius 2 is 1.87 bits per heavy atom. The van der Waals surface area contributed by atoms with Crippen LogP contribution in [-0.2, 0) is 26.0 Å². The zero-order valence-corrected chi connectivity index (χ0v) is 24.5. The van der Waals surface area contributed by atoms with Gasteiger partial charge in [0.25, 0.3) is 5.91 Å². The van der Waals surface area contributed by atoms with Crippen LogP contribution in [0.5, 0.6) is 0 Å². The Labute approximate surface area is 240 Å². The van der Waals surface area contributed by atoms with Crippen molar-refractivity contribution in [3.8, 4) is 0 Å². The second-order valence-electron chi connectivity index (χ2n) is 9.08. The van der Waals surface area contributed by atoms with E-state index in [1.165, 1.54) is 17.0 Å². The molecule has 2 heterocycles. The van der Waals surface area contributed by atoms with Crippen molar-refractivity contribution in [2.45, 2.75) is 49.0 Å². The molecule has 0 aliphatic carbocycles. The summed E-state index contributed by atoms with van der Waals surface area (Å²) in [7, 11) is -4.24. The van der Waals surface area contributed by atoms with Gasteiger partial charge in [0.2, 0.25) is 21.8 Å². The topological polar surface area (TPSA) is 151 Å². The van der Waals surface area contributed by atoms with Crippen LogP contribution in [0.3, 0.4) is 0 Å². The molecule has 3 rings (SSSR count). The molecule has 0 radical (unpaired) electrons. The predicted molar refractivity (Wildman–Crippen MR) is 148 cm³/mol. The third-order valence-corrected chi connectivity index (χ3v) is 9.06. The second kappa shape index (κ2) is 12.9. The second-order valence-corrected chi connectivity index (χ2v) is 13.4. The highest BCUT2D eigenvalue weighted by Gasteiger charge is 2.42. The van der Waals surface area contributed by atoms with Crippen LogP contribution < -0.4 is 21.1 Å². The molecule has 0 unspecified atom stereocenters. The van der Waals surface area contributed by atoms with Crippen LogP contribution in [0.2, 0.25) is 14.4 Å². The Kier molecular flexibility index (Phi) is 10.4. The van der Waals surface area contributed by atoms with E-state index in [2.05, 4.69) is 16.0 Å². The van der Waals surface area contributed by atoms with Crippen LogP contribution in [0.4, 0.5) is 0 Å². The molecule has 1 aromatic heterocycles. The molecule has 38 heavy (non-hydrogen) atoms. The van der Waals surface area contributed by atoms with Gasteiger partial charge in [-0.1, -0.05) is 54.7 Å². The van der Waals surface area contributed by atoms with Crippen LogP contribution in [0.1, 0.15) is 36.2 Å². The summed E-state index contributed by atoms with van der Waals surface area (Å²) in [5.74, 6) is -1.52. The number of amides is 3. The molecule has 3 amide bonds. The molecular formula is C23H28Cl3N5O5S2. The van der Waals surface area contributed by atoms with Crippen LogP contribution in [0.15, 0.2) is 28.5 Å². The summed E-state index contributed by atoms with van der Waals surface area (Å²) < 4.78 is 23.8. The first-order chi connectivity index (χ1) is 17.8. The highest BCUT2D eigenvalue weighted by atomic mass is 35.5. The molecule has 1 saturated heterocycles. The number of halogens is 3. The molecule has 208 valence electrons. The Hall–Kier alpha value is -1.93. The minimum atomic E-state index is -4.24. The van der Waals surface area contributed by atoms with Gasteiger partial charge in [0.1, 0.15) is 10.3 Å². The Morgan fingerprint density at radius 3 is 2.50 bits per heavy atom. The normalized spacial score (nSPS) is 17.6. The molecular weight excluding hydrogens is 597 g/mol. The van der Waals surface area contributed by atoms with Gasteiger partial charge in [-0.15, -0.1) is 11.3 Å². The van der Waals surface area contributed by atoms with Crippen LogP contribution in [-0.4, -0.2) is 68.8 Å². The van der Waals surface area contributed by atoms with E-state index in [0.717, 1.165) is 0 Å². The number of benzene rings is 1. The fourth-order valence-electron chi connectivity index (χ4n) is 4.06. The average molecular weight is 625 g/mol. The number of hydrogen-bond acceptors (Lipinski definition) is 7. The van der Waals surface area contributed by atoms with Crippen LogP contribution in [0.25, 0.3) is 0 Å². The van der Waals surface area contributed by atoms with Crippen molar-refractivity contribution in [2.24, 2.45) is 5.14 Å². The Morgan fingerprint density at radius 1 is 1.16 bits per heavy atom. The monoisotopic (exact) mass is 623 g/mol. The van der Waals surface area contributed by atoms with Crippen molar-refractivity contribution in [1.82, 2.24) is 20.9 Å². The molecule has 1 fully saturated rings. The molecule has 2 aromatic rings. The van der Waals surface area contributed by atoms with Gasteiger partial charge in [-0.05, 0) is 30.2 Å².